The average molecular weight is 437 g/mol. The quantitative estimate of drug-likeness (QED) is 0.288. The number of carbonyl (C=O) groups is 2. The van der Waals surface area contributed by atoms with E-state index in [2.05, 4.69) is 5.32 Å². The van der Waals surface area contributed by atoms with Crippen molar-refractivity contribution in [2.24, 2.45) is 11.8 Å². The summed E-state index contributed by atoms with van der Waals surface area (Å²) < 4.78 is 5.51. The summed E-state index contributed by atoms with van der Waals surface area (Å²) in [6, 6.07) is 8.06. The second-order valence-corrected chi connectivity index (χ2v) is 7.80. The van der Waals surface area contributed by atoms with E-state index >= 15 is 0 Å². The molecule has 9 heteroatoms. The fraction of sp³-hybridized carbons (Fsp3) is 0.300. The summed E-state index contributed by atoms with van der Waals surface area (Å²) in [6.07, 6.45) is 2.69. The molecule has 1 unspecified atom stereocenters. The van der Waals surface area contributed by atoms with Crippen LogP contribution in [0.25, 0.3) is 0 Å². The Kier molecular flexibility index (Phi) is 6.39. The topological polar surface area (TPSA) is 98.5 Å². The number of nitro groups is 1. The van der Waals surface area contributed by atoms with Crippen molar-refractivity contribution in [2.75, 3.05) is 5.32 Å². The van der Waals surface area contributed by atoms with E-state index in [0.29, 0.717) is 5.02 Å². The van der Waals surface area contributed by atoms with Gasteiger partial charge in [0.1, 0.15) is 5.75 Å². The molecule has 152 valence electrons. The van der Waals surface area contributed by atoms with Gasteiger partial charge in [-0.15, -0.1) is 0 Å². The molecule has 2 aromatic rings. The molecule has 0 aliphatic heterocycles. The highest BCUT2D eigenvalue weighted by atomic mass is 35.5. The summed E-state index contributed by atoms with van der Waals surface area (Å²) in [5.41, 5.74) is 0.0471. The number of nitro benzene ring substituents is 1. The van der Waals surface area contributed by atoms with E-state index in [-0.39, 0.29) is 45.5 Å². The first-order chi connectivity index (χ1) is 13.8. The van der Waals surface area contributed by atoms with Gasteiger partial charge in [-0.3, -0.25) is 19.7 Å². The van der Waals surface area contributed by atoms with Crippen molar-refractivity contribution in [3.63, 3.8) is 0 Å². The molecule has 1 aliphatic carbocycles. The number of nitrogens with one attached hydrogen (secondary N) is 1. The number of nitrogens with zero attached hydrogens (tertiary/aromatic N) is 1. The number of benzene rings is 2. The lowest BCUT2D eigenvalue weighted by atomic mass is 9.98. The molecule has 7 nitrogen and oxygen atoms in total. The molecule has 1 saturated carbocycles. The third-order valence-corrected chi connectivity index (χ3v) is 5.52. The lowest BCUT2D eigenvalue weighted by Gasteiger charge is -2.16. The number of esters is 1. The smallest absolute Gasteiger partial charge is 0.314 e. The zero-order valence-corrected chi connectivity index (χ0v) is 17.0. The number of anilines is 1. The zero-order valence-electron chi connectivity index (χ0n) is 15.5. The van der Waals surface area contributed by atoms with Crippen LogP contribution in [0.3, 0.4) is 0 Å². The van der Waals surface area contributed by atoms with Gasteiger partial charge in [0.25, 0.3) is 11.6 Å². The van der Waals surface area contributed by atoms with Gasteiger partial charge in [0.05, 0.1) is 27.1 Å². The van der Waals surface area contributed by atoms with Crippen LogP contribution >= 0.6 is 23.2 Å². The van der Waals surface area contributed by atoms with Gasteiger partial charge in [-0.25, -0.2) is 0 Å². The van der Waals surface area contributed by atoms with Gasteiger partial charge in [-0.2, -0.15) is 0 Å². The second kappa shape index (κ2) is 8.80. The fourth-order valence-corrected chi connectivity index (χ4v) is 3.75. The fourth-order valence-electron chi connectivity index (χ4n) is 3.36. The van der Waals surface area contributed by atoms with Crippen LogP contribution in [0.4, 0.5) is 11.4 Å². The molecule has 29 heavy (non-hydrogen) atoms. The zero-order chi connectivity index (χ0) is 21.1. The number of ether oxygens (including phenoxy) is 1. The molecule has 0 heterocycles. The molecule has 0 aromatic heterocycles. The monoisotopic (exact) mass is 436 g/mol. The highest BCUT2D eigenvalue weighted by Gasteiger charge is 2.32. The summed E-state index contributed by atoms with van der Waals surface area (Å²) in [7, 11) is 0. The molecule has 1 N–H and O–H groups in total. The van der Waals surface area contributed by atoms with Crippen molar-refractivity contribution < 1.29 is 19.2 Å². The Labute approximate surface area is 177 Å². The molecule has 0 bridgehead atoms. The molecule has 0 radical (unpaired) electrons. The van der Waals surface area contributed by atoms with E-state index in [9.17, 15) is 19.7 Å². The first-order valence-electron chi connectivity index (χ1n) is 9.03. The van der Waals surface area contributed by atoms with Gasteiger partial charge in [-0.05, 0) is 43.0 Å². The first kappa shape index (κ1) is 21.1. The first-order valence-corrected chi connectivity index (χ1v) is 9.78. The van der Waals surface area contributed by atoms with Crippen molar-refractivity contribution in [3.05, 3.63) is 62.1 Å². The van der Waals surface area contributed by atoms with Gasteiger partial charge >= 0.3 is 5.97 Å². The highest BCUT2D eigenvalue weighted by molar-refractivity contribution is 6.34. The Morgan fingerprint density at radius 3 is 2.55 bits per heavy atom. The lowest BCUT2D eigenvalue weighted by molar-refractivity contribution is -0.384. The SMILES string of the molecule is C[C@@H]1CCCC1C(=O)Oc1ccc(Cl)cc1C(=O)Nc1ccc([N+](=O)[O-])cc1Cl. The maximum atomic E-state index is 12.8. The minimum atomic E-state index is -0.606. The predicted molar refractivity (Wildman–Crippen MR) is 110 cm³/mol. The molecule has 2 atom stereocenters. The summed E-state index contributed by atoms with van der Waals surface area (Å²) in [5.74, 6) is -0.865. The molecular weight excluding hydrogens is 419 g/mol. The Morgan fingerprint density at radius 1 is 1.17 bits per heavy atom. The van der Waals surface area contributed by atoms with E-state index in [4.69, 9.17) is 27.9 Å². The van der Waals surface area contributed by atoms with Crippen molar-refractivity contribution in [2.45, 2.75) is 26.2 Å². The van der Waals surface area contributed by atoms with Crippen molar-refractivity contribution in [1.29, 1.82) is 0 Å². The maximum absolute atomic E-state index is 12.8. The van der Waals surface area contributed by atoms with Crippen molar-refractivity contribution in [3.8, 4) is 5.75 Å². The molecule has 2 aromatic carbocycles. The molecule has 1 amide bonds. The Hall–Kier alpha value is -2.64. The van der Waals surface area contributed by atoms with Gasteiger partial charge in [-0.1, -0.05) is 36.5 Å². The van der Waals surface area contributed by atoms with Gasteiger partial charge in [0.15, 0.2) is 0 Å². The Balaban J connectivity index is 1.82. The number of halogens is 2. The van der Waals surface area contributed by atoms with Crippen LogP contribution in [0.15, 0.2) is 36.4 Å². The van der Waals surface area contributed by atoms with Crippen LogP contribution in [-0.2, 0) is 4.79 Å². The largest absolute Gasteiger partial charge is 0.425 e. The number of hydrogen-bond acceptors (Lipinski definition) is 5. The number of amides is 1. The van der Waals surface area contributed by atoms with E-state index < -0.39 is 10.8 Å². The number of hydrogen-bond donors (Lipinski definition) is 1. The van der Waals surface area contributed by atoms with Crippen LogP contribution in [-0.4, -0.2) is 16.8 Å². The number of rotatable bonds is 5. The second-order valence-electron chi connectivity index (χ2n) is 6.95. The molecule has 1 fully saturated rings. The third kappa shape index (κ3) is 4.86. The van der Waals surface area contributed by atoms with E-state index in [0.717, 1.165) is 25.3 Å². The summed E-state index contributed by atoms with van der Waals surface area (Å²) in [4.78, 5) is 35.5. The van der Waals surface area contributed by atoms with Crippen LogP contribution in [0.1, 0.15) is 36.5 Å². The molecule has 1 aliphatic rings. The van der Waals surface area contributed by atoms with Gasteiger partial charge < -0.3 is 10.1 Å². The Bertz CT molecular complexity index is 979. The maximum Gasteiger partial charge on any atom is 0.314 e. The third-order valence-electron chi connectivity index (χ3n) is 4.97. The lowest BCUT2D eigenvalue weighted by Crippen LogP contribution is -2.24. The van der Waals surface area contributed by atoms with E-state index in [1.807, 2.05) is 6.92 Å². The summed E-state index contributed by atoms with van der Waals surface area (Å²) in [5, 5.41) is 13.7. The molecule has 3 rings (SSSR count). The normalized spacial score (nSPS) is 18.3. The minimum absolute atomic E-state index is 0.00732. The van der Waals surface area contributed by atoms with E-state index in [1.165, 1.54) is 30.3 Å². The standard InChI is InChI=1S/C20H18Cl2N2O5/c1-11-3-2-4-14(11)20(26)29-18-8-5-12(21)9-15(18)19(25)23-17-7-6-13(24(27)28)10-16(17)22/h5-11,14H,2-4H2,1H3,(H,23,25)/t11-,14?/m1/s1. The number of non-ortho nitro benzene ring substituents is 1. The van der Waals surface area contributed by atoms with Crippen LogP contribution < -0.4 is 10.1 Å². The van der Waals surface area contributed by atoms with E-state index in [1.54, 1.807) is 0 Å². The molecular formula is C20H18Cl2N2O5. The van der Waals surface area contributed by atoms with Crippen molar-refractivity contribution >= 4 is 46.5 Å². The van der Waals surface area contributed by atoms with Gasteiger partial charge in [0.2, 0.25) is 0 Å². The van der Waals surface area contributed by atoms with Crippen LogP contribution in [0, 0.1) is 22.0 Å². The molecule has 0 spiro atoms. The Morgan fingerprint density at radius 2 is 1.93 bits per heavy atom. The predicted octanol–water partition coefficient (Wildman–Crippen LogP) is 5.50. The molecule has 0 saturated heterocycles. The van der Waals surface area contributed by atoms with Gasteiger partial charge in [0, 0.05) is 17.2 Å². The summed E-state index contributed by atoms with van der Waals surface area (Å²) >= 11 is 12.0. The summed E-state index contributed by atoms with van der Waals surface area (Å²) in [6.45, 7) is 2.00. The van der Waals surface area contributed by atoms with Crippen molar-refractivity contribution in [1.82, 2.24) is 0 Å². The minimum Gasteiger partial charge on any atom is -0.425 e. The van der Waals surface area contributed by atoms with Crippen LogP contribution in [0.5, 0.6) is 5.75 Å². The average Bonchev–Trinajstić information content (AvgIpc) is 3.10. The number of carbonyl (C=O) groups excluding carboxylic acids is 2. The van der Waals surface area contributed by atoms with Crippen LogP contribution in [0.2, 0.25) is 10.0 Å². The highest BCUT2D eigenvalue weighted by Crippen LogP contribution is 2.34.